The van der Waals surface area contributed by atoms with Crippen molar-refractivity contribution >= 4 is 10.1 Å². The zero-order chi connectivity index (χ0) is 20.3. The molecule has 0 aliphatic heterocycles. The van der Waals surface area contributed by atoms with E-state index < -0.39 is 10.1 Å². The maximum atomic E-state index is 11.9. The smallest absolute Gasteiger partial charge is 0.297 e. The van der Waals surface area contributed by atoms with Crippen molar-refractivity contribution in [3.8, 4) is 0 Å². The maximum absolute atomic E-state index is 11.9. The van der Waals surface area contributed by atoms with Crippen molar-refractivity contribution in [2.24, 2.45) is 0 Å². The fourth-order valence-corrected chi connectivity index (χ4v) is 2.82. The lowest BCUT2D eigenvalue weighted by Gasteiger charge is -2.08. The van der Waals surface area contributed by atoms with Crippen LogP contribution < -0.4 is 0 Å². The molecule has 1 N–H and O–H groups in total. The molecule has 28 heavy (non-hydrogen) atoms. The third-order valence-electron chi connectivity index (χ3n) is 3.22. The van der Waals surface area contributed by atoms with Crippen molar-refractivity contribution in [3.05, 3.63) is 30.3 Å². The highest BCUT2D eigenvalue weighted by atomic mass is 32.2. The molecule has 1 aromatic rings. The lowest BCUT2D eigenvalue weighted by molar-refractivity contribution is -0.0145. The highest BCUT2D eigenvalue weighted by Gasteiger charge is 2.13. The fraction of sp³-hybridized carbons (Fsp3) is 0.667. The monoisotopic (exact) mass is 422 g/mol. The summed E-state index contributed by atoms with van der Waals surface area (Å²) in [5.41, 5.74) is 0. The highest BCUT2D eigenvalue weighted by molar-refractivity contribution is 7.86. The molecule has 1 aromatic carbocycles. The van der Waals surface area contributed by atoms with E-state index >= 15 is 0 Å². The molecule has 0 unspecified atom stereocenters. The number of hydrogen-bond acceptors (Lipinski definition) is 9. The summed E-state index contributed by atoms with van der Waals surface area (Å²) in [6.45, 7) is 3.89. The van der Waals surface area contributed by atoms with Crippen molar-refractivity contribution < 1.29 is 41.4 Å². The molecule has 0 atom stereocenters. The Bertz CT molecular complexity index is 566. The molecule has 0 bridgehead atoms. The predicted octanol–water partition coefficient (Wildman–Crippen LogP) is 0.467. The molecule has 1 rings (SSSR count). The maximum Gasteiger partial charge on any atom is 0.297 e. The lowest BCUT2D eigenvalue weighted by Crippen LogP contribution is -2.15. The van der Waals surface area contributed by atoms with Gasteiger partial charge in [0.15, 0.2) is 0 Å². The first kappa shape index (κ1) is 24.9. The Balaban J connectivity index is 1.82. The van der Waals surface area contributed by atoms with Gasteiger partial charge in [-0.1, -0.05) is 18.2 Å². The van der Waals surface area contributed by atoms with Gasteiger partial charge in [0.05, 0.1) is 84.2 Å². The van der Waals surface area contributed by atoms with E-state index in [2.05, 4.69) is 0 Å². The molecule has 0 saturated heterocycles. The quantitative estimate of drug-likeness (QED) is 0.251. The molecule has 10 heteroatoms. The summed E-state index contributed by atoms with van der Waals surface area (Å²) in [6.07, 6.45) is 0. The molecule has 0 aliphatic rings. The second-order valence-electron chi connectivity index (χ2n) is 5.37. The van der Waals surface area contributed by atoms with Crippen molar-refractivity contribution in [1.29, 1.82) is 0 Å². The summed E-state index contributed by atoms with van der Waals surface area (Å²) in [6, 6.07) is 7.96. The van der Waals surface area contributed by atoms with E-state index in [1.807, 2.05) is 0 Å². The molecule has 0 spiro atoms. The van der Waals surface area contributed by atoms with Gasteiger partial charge < -0.3 is 28.8 Å². The summed E-state index contributed by atoms with van der Waals surface area (Å²) < 4.78 is 54.8. The van der Waals surface area contributed by atoms with Crippen LogP contribution >= 0.6 is 0 Å². The summed E-state index contributed by atoms with van der Waals surface area (Å²) in [4.78, 5) is 0.124. The van der Waals surface area contributed by atoms with Crippen LogP contribution in [0.3, 0.4) is 0 Å². The first-order valence-corrected chi connectivity index (χ1v) is 10.5. The minimum atomic E-state index is -3.74. The number of aliphatic hydroxyl groups excluding tert-OH is 1. The molecular weight excluding hydrogens is 392 g/mol. The largest absolute Gasteiger partial charge is 0.394 e. The average Bonchev–Trinajstić information content (AvgIpc) is 2.71. The number of aliphatic hydroxyl groups is 1. The SMILES string of the molecule is O=S(=O)(OCCOCCOCCOCCOCCOCCO)c1ccccc1. The van der Waals surface area contributed by atoms with E-state index in [0.717, 1.165) is 0 Å². The van der Waals surface area contributed by atoms with Crippen molar-refractivity contribution in [1.82, 2.24) is 0 Å². The summed E-state index contributed by atoms with van der Waals surface area (Å²) in [7, 11) is -3.74. The summed E-state index contributed by atoms with van der Waals surface area (Å²) >= 11 is 0. The van der Waals surface area contributed by atoms with Gasteiger partial charge >= 0.3 is 0 Å². The van der Waals surface area contributed by atoms with Crippen LogP contribution in [-0.4, -0.2) is 92.8 Å². The zero-order valence-corrected chi connectivity index (χ0v) is 16.8. The van der Waals surface area contributed by atoms with Crippen LogP contribution in [0.2, 0.25) is 0 Å². The van der Waals surface area contributed by atoms with Crippen molar-refractivity contribution in [2.45, 2.75) is 4.90 Å². The first-order chi connectivity index (χ1) is 13.7. The topological polar surface area (TPSA) is 110 Å². The van der Waals surface area contributed by atoms with Gasteiger partial charge in [-0.25, -0.2) is 0 Å². The van der Waals surface area contributed by atoms with Gasteiger partial charge in [0, 0.05) is 0 Å². The van der Waals surface area contributed by atoms with Crippen LogP contribution in [0.5, 0.6) is 0 Å². The first-order valence-electron chi connectivity index (χ1n) is 9.11. The zero-order valence-electron chi connectivity index (χ0n) is 16.0. The van der Waals surface area contributed by atoms with Crippen LogP contribution in [0.4, 0.5) is 0 Å². The third-order valence-corrected chi connectivity index (χ3v) is 4.55. The normalized spacial score (nSPS) is 11.8. The van der Waals surface area contributed by atoms with E-state index in [0.29, 0.717) is 59.5 Å². The highest BCUT2D eigenvalue weighted by Crippen LogP contribution is 2.10. The van der Waals surface area contributed by atoms with Crippen LogP contribution in [0, 0.1) is 0 Å². The lowest BCUT2D eigenvalue weighted by atomic mass is 10.4. The summed E-state index contributed by atoms with van der Waals surface area (Å²) in [5, 5.41) is 8.52. The van der Waals surface area contributed by atoms with Gasteiger partial charge in [-0.15, -0.1) is 0 Å². The standard InChI is InChI=1S/C18H30O9S/c19-6-7-22-8-9-23-10-11-24-12-13-25-14-15-26-16-17-27-28(20,21)18-4-2-1-3-5-18/h1-5,19H,6-17H2. The van der Waals surface area contributed by atoms with Crippen molar-refractivity contribution in [2.75, 3.05) is 79.3 Å². The molecule has 0 radical (unpaired) electrons. The van der Waals surface area contributed by atoms with Crippen LogP contribution in [-0.2, 0) is 38.0 Å². The van der Waals surface area contributed by atoms with E-state index in [9.17, 15) is 8.42 Å². The number of benzene rings is 1. The van der Waals surface area contributed by atoms with Gasteiger partial charge in [-0.3, -0.25) is 4.18 Å². The molecule has 0 fully saturated rings. The van der Waals surface area contributed by atoms with Crippen molar-refractivity contribution in [3.63, 3.8) is 0 Å². The Hall–Kier alpha value is -1.11. The molecule has 9 nitrogen and oxygen atoms in total. The Morgan fingerprint density at radius 2 is 1.00 bits per heavy atom. The molecule has 0 heterocycles. The van der Waals surface area contributed by atoms with E-state index in [-0.39, 0.29) is 24.7 Å². The van der Waals surface area contributed by atoms with E-state index in [4.69, 9.17) is 33.0 Å². The second-order valence-corrected chi connectivity index (χ2v) is 6.99. The molecule has 162 valence electrons. The Morgan fingerprint density at radius 3 is 1.43 bits per heavy atom. The Labute approximate surface area is 166 Å². The third kappa shape index (κ3) is 13.1. The van der Waals surface area contributed by atoms with E-state index in [1.165, 1.54) is 12.1 Å². The Kier molecular flexibility index (Phi) is 15.0. The number of rotatable bonds is 19. The molecule has 0 aromatic heterocycles. The molecule has 0 amide bonds. The number of hydrogen-bond donors (Lipinski definition) is 1. The van der Waals surface area contributed by atoms with Gasteiger partial charge in [-0.05, 0) is 12.1 Å². The second kappa shape index (κ2) is 16.8. The van der Waals surface area contributed by atoms with Crippen LogP contribution in [0.25, 0.3) is 0 Å². The van der Waals surface area contributed by atoms with Gasteiger partial charge in [-0.2, -0.15) is 8.42 Å². The number of ether oxygens (including phenoxy) is 5. The van der Waals surface area contributed by atoms with E-state index in [1.54, 1.807) is 18.2 Å². The molecule has 0 saturated carbocycles. The van der Waals surface area contributed by atoms with Gasteiger partial charge in [0.2, 0.25) is 0 Å². The average molecular weight is 422 g/mol. The fourth-order valence-electron chi connectivity index (χ4n) is 1.90. The minimum Gasteiger partial charge on any atom is -0.394 e. The molecular formula is C18H30O9S. The predicted molar refractivity (Wildman–Crippen MR) is 101 cm³/mol. The van der Waals surface area contributed by atoms with Gasteiger partial charge in [0.1, 0.15) is 0 Å². The van der Waals surface area contributed by atoms with Crippen LogP contribution in [0.1, 0.15) is 0 Å². The molecule has 0 aliphatic carbocycles. The Morgan fingerprint density at radius 1 is 0.607 bits per heavy atom. The van der Waals surface area contributed by atoms with Gasteiger partial charge in [0.25, 0.3) is 10.1 Å². The minimum absolute atomic E-state index is 0.0120. The summed E-state index contributed by atoms with van der Waals surface area (Å²) in [5.74, 6) is 0. The van der Waals surface area contributed by atoms with Crippen LogP contribution in [0.15, 0.2) is 35.2 Å².